The van der Waals surface area contributed by atoms with Gasteiger partial charge in [-0.1, -0.05) is 50.2 Å². The lowest BCUT2D eigenvalue weighted by Crippen LogP contribution is -2.39. The van der Waals surface area contributed by atoms with Gasteiger partial charge in [0, 0.05) is 6.04 Å². The molecule has 232 valence electrons. The van der Waals surface area contributed by atoms with Crippen molar-refractivity contribution in [1.82, 2.24) is 15.1 Å². The Bertz CT molecular complexity index is 1560. The predicted octanol–water partition coefficient (Wildman–Crippen LogP) is 7.14. The molecular formula is C35H40FN3O5. The van der Waals surface area contributed by atoms with Crippen molar-refractivity contribution >= 4 is 11.9 Å². The molecule has 3 aromatic carbocycles. The van der Waals surface area contributed by atoms with Gasteiger partial charge in [0.05, 0.1) is 30.5 Å². The Hall–Kier alpha value is -4.66. The summed E-state index contributed by atoms with van der Waals surface area (Å²) in [4.78, 5) is 26.3. The van der Waals surface area contributed by atoms with E-state index in [9.17, 15) is 14.0 Å². The first kappa shape index (κ1) is 32.3. The quantitative estimate of drug-likeness (QED) is 0.174. The maximum absolute atomic E-state index is 13.9. The molecule has 0 saturated carbocycles. The minimum atomic E-state index is -0.638. The summed E-state index contributed by atoms with van der Waals surface area (Å²) in [6, 6.07) is 22.2. The summed E-state index contributed by atoms with van der Waals surface area (Å²) in [6.07, 6.45) is 0.594. The first-order chi connectivity index (χ1) is 20.9. The second-order valence-electron chi connectivity index (χ2n) is 12.0. The van der Waals surface area contributed by atoms with Crippen LogP contribution in [0.2, 0.25) is 0 Å². The average molecular weight is 602 g/mol. The number of amides is 1. The van der Waals surface area contributed by atoms with Gasteiger partial charge in [0.15, 0.2) is 5.69 Å². The molecule has 0 saturated heterocycles. The van der Waals surface area contributed by atoms with Crippen molar-refractivity contribution < 1.29 is 28.2 Å². The van der Waals surface area contributed by atoms with E-state index in [1.165, 1.54) is 12.1 Å². The first-order valence-electron chi connectivity index (χ1n) is 14.7. The fraction of sp³-hybridized carbons (Fsp3) is 0.343. The number of esters is 1. The van der Waals surface area contributed by atoms with Crippen molar-refractivity contribution in [3.63, 3.8) is 0 Å². The van der Waals surface area contributed by atoms with E-state index >= 15 is 0 Å². The molecule has 0 spiro atoms. The van der Waals surface area contributed by atoms with E-state index in [1.54, 1.807) is 56.8 Å². The molecule has 1 N–H and O–H groups in total. The minimum absolute atomic E-state index is 0.0245. The Morgan fingerprint density at radius 2 is 1.64 bits per heavy atom. The zero-order valence-corrected chi connectivity index (χ0v) is 26.1. The second kappa shape index (κ2) is 14.2. The molecule has 1 aromatic heterocycles. The van der Waals surface area contributed by atoms with Gasteiger partial charge in [0.25, 0.3) is 5.91 Å². The normalized spacial score (nSPS) is 12.1. The molecule has 0 radical (unpaired) electrons. The highest BCUT2D eigenvalue weighted by atomic mass is 19.1. The Balaban J connectivity index is 1.73. The van der Waals surface area contributed by atoms with Crippen molar-refractivity contribution in [1.29, 1.82) is 0 Å². The number of hydrogen-bond acceptors (Lipinski definition) is 6. The predicted molar refractivity (Wildman–Crippen MR) is 167 cm³/mol. The molecule has 0 aliphatic heterocycles. The number of methoxy groups -OCH3 is 1. The molecule has 1 amide bonds. The molecule has 8 nitrogen and oxygen atoms in total. The van der Waals surface area contributed by atoms with Crippen LogP contribution in [0.25, 0.3) is 16.9 Å². The number of ether oxygens (including phenoxy) is 3. The number of benzene rings is 3. The summed E-state index contributed by atoms with van der Waals surface area (Å²) < 4.78 is 32.9. The highest BCUT2D eigenvalue weighted by Crippen LogP contribution is 2.40. The van der Waals surface area contributed by atoms with Gasteiger partial charge in [-0.3, -0.25) is 9.59 Å². The van der Waals surface area contributed by atoms with Gasteiger partial charge < -0.3 is 19.5 Å². The fourth-order valence-electron chi connectivity index (χ4n) is 4.84. The number of carbonyl (C=O) groups is 2. The van der Waals surface area contributed by atoms with Crippen LogP contribution < -0.4 is 14.8 Å². The molecule has 1 heterocycles. The molecule has 0 aliphatic carbocycles. The maximum Gasteiger partial charge on any atom is 0.308 e. The van der Waals surface area contributed by atoms with E-state index in [4.69, 9.17) is 14.2 Å². The molecule has 0 bridgehead atoms. The van der Waals surface area contributed by atoms with Crippen LogP contribution in [0, 0.1) is 11.7 Å². The van der Waals surface area contributed by atoms with E-state index in [0.29, 0.717) is 41.5 Å². The number of rotatable bonds is 12. The smallest absolute Gasteiger partial charge is 0.308 e. The van der Waals surface area contributed by atoms with Crippen LogP contribution in [0.15, 0.2) is 78.9 Å². The van der Waals surface area contributed by atoms with E-state index < -0.39 is 29.3 Å². The SMILES string of the molecule is COc1cccc(OCc2ccccc2)c1-c1cc(C(=O)NC(CC(=O)OC(C)(C)C)CC(C)C)nn1-c1ccc(F)cc1. The number of nitrogens with zero attached hydrogens (tertiary/aromatic N) is 2. The third-order valence-electron chi connectivity index (χ3n) is 6.64. The summed E-state index contributed by atoms with van der Waals surface area (Å²) in [5.74, 6) is -0.00570. The lowest BCUT2D eigenvalue weighted by atomic mass is 10.0. The summed E-state index contributed by atoms with van der Waals surface area (Å²) in [5, 5.41) is 7.63. The zero-order valence-electron chi connectivity index (χ0n) is 26.1. The molecular weight excluding hydrogens is 561 g/mol. The number of aromatic nitrogens is 2. The molecule has 1 unspecified atom stereocenters. The third kappa shape index (κ3) is 8.69. The standard InChI is InChI=1S/C35H40FN3O5/c1-23(2)19-26(20-32(40)44-35(3,4)5)37-34(41)28-21-29(39(38-28)27-17-15-25(36)16-18-27)33-30(42-6)13-10-14-31(33)43-22-24-11-8-7-9-12-24/h7-18,21,23,26H,19-20,22H2,1-6H3,(H,37,41). The molecule has 9 heteroatoms. The van der Waals surface area contributed by atoms with Crippen molar-refractivity contribution in [3.8, 4) is 28.4 Å². The highest BCUT2D eigenvalue weighted by molar-refractivity contribution is 5.94. The molecule has 1 atom stereocenters. The maximum atomic E-state index is 13.9. The van der Waals surface area contributed by atoms with Gasteiger partial charge >= 0.3 is 5.97 Å². The monoisotopic (exact) mass is 601 g/mol. The van der Waals surface area contributed by atoms with Crippen LogP contribution >= 0.6 is 0 Å². The Labute approximate surface area is 258 Å². The van der Waals surface area contributed by atoms with Crippen molar-refractivity contribution in [3.05, 3.63) is 95.9 Å². The minimum Gasteiger partial charge on any atom is -0.496 e. The molecule has 4 aromatic rings. The summed E-state index contributed by atoms with van der Waals surface area (Å²) in [6.45, 7) is 9.77. The van der Waals surface area contributed by atoms with Crippen LogP contribution in [0.1, 0.15) is 63.5 Å². The van der Waals surface area contributed by atoms with Crippen molar-refractivity contribution in [2.45, 2.75) is 65.7 Å². The van der Waals surface area contributed by atoms with Gasteiger partial charge in [0.1, 0.15) is 29.5 Å². The van der Waals surface area contributed by atoms with E-state index in [1.807, 2.05) is 56.3 Å². The number of nitrogens with one attached hydrogen (secondary N) is 1. The lowest BCUT2D eigenvalue weighted by molar-refractivity contribution is -0.155. The Morgan fingerprint density at radius 3 is 2.27 bits per heavy atom. The van der Waals surface area contributed by atoms with Gasteiger partial charge in [-0.2, -0.15) is 5.10 Å². The van der Waals surface area contributed by atoms with Crippen LogP contribution in [0.5, 0.6) is 11.5 Å². The van der Waals surface area contributed by atoms with Crippen LogP contribution in [0.4, 0.5) is 4.39 Å². The van der Waals surface area contributed by atoms with E-state index in [-0.39, 0.29) is 18.0 Å². The largest absolute Gasteiger partial charge is 0.496 e. The summed E-state index contributed by atoms with van der Waals surface area (Å²) in [7, 11) is 1.55. The average Bonchev–Trinajstić information content (AvgIpc) is 3.40. The van der Waals surface area contributed by atoms with Crippen LogP contribution in [-0.2, 0) is 16.1 Å². The zero-order chi connectivity index (χ0) is 31.9. The summed E-state index contributed by atoms with van der Waals surface area (Å²) in [5.41, 5.74) is 2.08. The molecule has 0 aliphatic rings. The highest BCUT2D eigenvalue weighted by Gasteiger charge is 2.26. The molecule has 0 fully saturated rings. The molecule has 4 rings (SSSR count). The summed E-state index contributed by atoms with van der Waals surface area (Å²) >= 11 is 0. The Morgan fingerprint density at radius 1 is 0.955 bits per heavy atom. The first-order valence-corrected chi connectivity index (χ1v) is 14.7. The Kier molecular flexibility index (Phi) is 10.4. The van der Waals surface area contributed by atoms with Crippen molar-refractivity contribution in [2.75, 3.05) is 7.11 Å². The topological polar surface area (TPSA) is 91.7 Å². The number of halogens is 1. The van der Waals surface area contributed by atoms with Crippen molar-refractivity contribution in [2.24, 2.45) is 5.92 Å². The van der Waals surface area contributed by atoms with Crippen LogP contribution in [-0.4, -0.2) is 40.4 Å². The van der Waals surface area contributed by atoms with Gasteiger partial charge in [-0.05, 0) is 81.1 Å². The fourth-order valence-corrected chi connectivity index (χ4v) is 4.84. The van der Waals surface area contributed by atoms with E-state index in [2.05, 4.69) is 10.4 Å². The molecule has 44 heavy (non-hydrogen) atoms. The second-order valence-corrected chi connectivity index (χ2v) is 12.0. The third-order valence-corrected chi connectivity index (χ3v) is 6.64. The van der Waals surface area contributed by atoms with Gasteiger partial charge in [-0.25, -0.2) is 9.07 Å². The van der Waals surface area contributed by atoms with E-state index in [0.717, 1.165) is 5.56 Å². The van der Waals surface area contributed by atoms with Gasteiger partial charge in [-0.15, -0.1) is 0 Å². The number of hydrogen-bond donors (Lipinski definition) is 1. The van der Waals surface area contributed by atoms with Gasteiger partial charge in [0.2, 0.25) is 0 Å². The number of carbonyl (C=O) groups excluding carboxylic acids is 2. The van der Waals surface area contributed by atoms with Crippen LogP contribution in [0.3, 0.4) is 0 Å². The lowest BCUT2D eigenvalue weighted by Gasteiger charge is -2.23.